The van der Waals surface area contributed by atoms with Crippen molar-refractivity contribution in [2.45, 2.75) is 25.3 Å². The van der Waals surface area contributed by atoms with Gasteiger partial charge in [0.05, 0.1) is 0 Å². The molecule has 0 aromatic heterocycles. The molecule has 0 amide bonds. The first kappa shape index (κ1) is 12.0. The first-order chi connectivity index (χ1) is 5.93. The van der Waals surface area contributed by atoms with Crippen molar-refractivity contribution in [3.8, 4) is 0 Å². The molecule has 4 nitrogen and oxygen atoms in total. The summed E-state index contributed by atoms with van der Waals surface area (Å²) < 4.78 is 4.57. The zero-order chi connectivity index (χ0) is 10.4. The summed E-state index contributed by atoms with van der Waals surface area (Å²) in [6.07, 6.45) is 0.461. The highest BCUT2D eigenvalue weighted by atomic mass is 35.5. The molecule has 0 spiro atoms. The van der Waals surface area contributed by atoms with Crippen LogP contribution in [0.1, 0.15) is 19.8 Å². The summed E-state index contributed by atoms with van der Waals surface area (Å²) >= 11 is 5.55. The fourth-order valence-corrected chi connectivity index (χ4v) is 0.868. The fraction of sp³-hybridized carbons (Fsp3) is 0.500. The van der Waals surface area contributed by atoms with Crippen LogP contribution in [0.2, 0.25) is 0 Å². The van der Waals surface area contributed by atoms with E-state index in [9.17, 15) is 9.59 Å². The largest absolute Gasteiger partial charge is 0.478 e. The molecule has 0 saturated carbocycles. The maximum Gasteiger partial charge on any atom is 0.330 e. The first-order valence-electron chi connectivity index (χ1n) is 3.66. The minimum Gasteiger partial charge on any atom is -0.478 e. The van der Waals surface area contributed by atoms with Crippen molar-refractivity contribution in [2.75, 3.05) is 0 Å². The van der Waals surface area contributed by atoms with Gasteiger partial charge in [0.1, 0.15) is 0 Å². The topological polar surface area (TPSA) is 63.6 Å². The lowest BCUT2D eigenvalue weighted by molar-refractivity contribution is -0.142. The molecule has 0 aliphatic rings. The van der Waals surface area contributed by atoms with Crippen LogP contribution < -0.4 is 0 Å². The van der Waals surface area contributed by atoms with Gasteiger partial charge < -0.3 is 9.84 Å². The van der Waals surface area contributed by atoms with Crippen molar-refractivity contribution in [1.29, 1.82) is 0 Å². The van der Waals surface area contributed by atoms with Crippen LogP contribution in [0.15, 0.2) is 12.2 Å². The van der Waals surface area contributed by atoms with E-state index in [1.807, 2.05) is 0 Å². The predicted molar refractivity (Wildman–Crippen MR) is 47.4 cm³/mol. The Balaban J connectivity index is 3.70. The number of alkyl halides is 1. The minimum atomic E-state index is -1.06. The quantitative estimate of drug-likeness (QED) is 0.421. The Bertz CT molecular complexity index is 224. The number of esters is 1. The highest BCUT2D eigenvalue weighted by Crippen LogP contribution is 2.11. The summed E-state index contributed by atoms with van der Waals surface area (Å²) in [6, 6.07) is 0. The number of rotatable bonds is 5. The normalized spacial score (nSPS) is 11.8. The number of carbonyl (C=O) groups excluding carboxylic acids is 1. The van der Waals surface area contributed by atoms with Crippen molar-refractivity contribution in [2.24, 2.45) is 0 Å². The molecule has 0 radical (unpaired) electrons. The number of carboxylic acid groups (broad SMARTS) is 1. The van der Waals surface area contributed by atoms with Crippen molar-refractivity contribution in [3.63, 3.8) is 0 Å². The molecule has 0 heterocycles. The van der Waals surface area contributed by atoms with Gasteiger partial charge in [-0.2, -0.15) is 0 Å². The first-order valence-corrected chi connectivity index (χ1v) is 4.09. The molecule has 0 fully saturated rings. The standard InChI is InChI=1S/C8H11ClO4/c1-5(8(11)12)3-4-7(9)13-6(2)10/h7H,1,3-4H2,2H3,(H,11,12). The molecular formula is C8H11ClO4. The van der Waals surface area contributed by atoms with Crippen LogP contribution in [0.3, 0.4) is 0 Å². The van der Waals surface area contributed by atoms with Crippen molar-refractivity contribution < 1.29 is 19.4 Å². The third-order valence-corrected chi connectivity index (χ3v) is 1.58. The lowest BCUT2D eigenvalue weighted by Crippen LogP contribution is -2.10. The molecule has 74 valence electrons. The summed E-state index contributed by atoms with van der Waals surface area (Å²) in [5, 5.41) is 8.43. The molecule has 1 unspecified atom stereocenters. The number of carboxylic acids is 1. The molecule has 13 heavy (non-hydrogen) atoms. The minimum absolute atomic E-state index is 0.0535. The van der Waals surface area contributed by atoms with Gasteiger partial charge in [0.25, 0.3) is 0 Å². The Kier molecular flexibility index (Phi) is 5.14. The average Bonchev–Trinajstić information content (AvgIpc) is 1.98. The second-order valence-electron chi connectivity index (χ2n) is 2.47. The highest BCUT2D eigenvalue weighted by molar-refractivity contribution is 6.20. The summed E-state index contributed by atoms with van der Waals surface area (Å²) in [5.74, 6) is -1.55. The molecule has 1 N–H and O–H groups in total. The number of ether oxygens (including phenoxy) is 1. The van der Waals surface area contributed by atoms with Gasteiger partial charge in [-0.3, -0.25) is 4.79 Å². The van der Waals surface area contributed by atoms with Crippen molar-refractivity contribution in [3.05, 3.63) is 12.2 Å². The monoisotopic (exact) mass is 206 g/mol. The van der Waals surface area contributed by atoms with E-state index in [-0.39, 0.29) is 18.4 Å². The van der Waals surface area contributed by atoms with Crippen LogP contribution >= 0.6 is 11.6 Å². The number of hydrogen-bond donors (Lipinski definition) is 1. The van der Waals surface area contributed by atoms with Crippen LogP contribution in [-0.2, 0) is 14.3 Å². The third kappa shape index (κ3) is 6.16. The number of halogens is 1. The SMILES string of the molecule is C=C(CCC(Cl)OC(C)=O)C(=O)O. The number of hydrogen-bond acceptors (Lipinski definition) is 3. The zero-order valence-electron chi connectivity index (χ0n) is 7.25. The van der Waals surface area contributed by atoms with Crippen LogP contribution in [0.5, 0.6) is 0 Å². The highest BCUT2D eigenvalue weighted by Gasteiger charge is 2.10. The van der Waals surface area contributed by atoms with E-state index in [1.54, 1.807) is 0 Å². The van der Waals surface area contributed by atoms with Crippen LogP contribution in [0.4, 0.5) is 0 Å². The lowest BCUT2D eigenvalue weighted by atomic mass is 10.2. The Morgan fingerprint density at radius 2 is 2.15 bits per heavy atom. The Hall–Kier alpha value is -1.03. The van der Waals surface area contributed by atoms with E-state index >= 15 is 0 Å². The van der Waals surface area contributed by atoms with Gasteiger partial charge in [0.2, 0.25) is 0 Å². The van der Waals surface area contributed by atoms with E-state index in [4.69, 9.17) is 16.7 Å². The van der Waals surface area contributed by atoms with Gasteiger partial charge in [0, 0.05) is 18.9 Å². The predicted octanol–water partition coefficient (Wildman–Crippen LogP) is 1.54. The van der Waals surface area contributed by atoms with Crippen LogP contribution in [0, 0.1) is 0 Å². The molecule has 0 aromatic rings. The molecular weight excluding hydrogens is 196 g/mol. The molecule has 0 aliphatic carbocycles. The van der Waals surface area contributed by atoms with Gasteiger partial charge in [-0.05, 0) is 6.42 Å². The Morgan fingerprint density at radius 1 is 1.62 bits per heavy atom. The van der Waals surface area contributed by atoms with E-state index in [2.05, 4.69) is 11.3 Å². The molecule has 0 aromatic carbocycles. The van der Waals surface area contributed by atoms with E-state index in [0.717, 1.165) is 0 Å². The van der Waals surface area contributed by atoms with E-state index < -0.39 is 17.5 Å². The molecule has 0 saturated heterocycles. The average molecular weight is 207 g/mol. The van der Waals surface area contributed by atoms with E-state index in [0.29, 0.717) is 0 Å². The molecule has 0 bridgehead atoms. The molecule has 0 rings (SSSR count). The van der Waals surface area contributed by atoms with Crippen molar-refractivity contribution >= 4 is 23.5 Å². The van der Waals surface area contributed by atoms with Crippen LogP contribution in [-0.4, -0.2) is 22.6 Å². The van der Waals surface area contributed by atoms with Gasteiger partial charge in [-0.15, -0.1) is 0 Å². The van der Waals surface area contributed by atoms with Crippen molar-refractivity contribution in [1.82, 2.24) is 0 Å². The van der Waals surface area contributed by atoms with Gasteiger partial charge in [-0.25, -0.2) is 4.79 Å². The second-order valence-corrected chi connectivity index (χ2v) is 2.95. The summed E-state index contributed by atoms with van der Waals surface area (Å²) in [6.45, 7) is 4.54. The maximum atomic E-state index is 10.4. The summed E-state index contributed by atoms with van der Waals surface area (Å²) in [7, 11) is 0. The Labute approximate surface area is 81.1 Å². The summed E-state index contributed by atoms with van der Waals surface area (Å²) in [5.41, 5.74) is -0.730. The molecule has 1 atom stereocenters. The maximum absolute atomic E-state index is 10.4. The van der Waals surface area contributed by atoms with Crippen LogP contribution in [0.25, 0.3) is 0 Å². The Morgan fingerprint density at radius 3 is 2.54 bits per heavy atom. The number of aliphatic carboxylic acids is 1. The third-order valence-electron chi connectivity index (χ3n) is 1.27. The zero-order valence-corrected chi connectivity index (χ0v) is 8.00. The molecule has 0 aliphatic heterocycles. The summed E-state index contributed by atoms with van der Waals surface area (Å²) in [4.78, 5) is 20.7. The number of carbonyl (C=O) groups is 2. The van der Waals surface area contributed by atoms with Gasteiger partial charge >= 0.3 is 11.9 Å². The van der Waals surface area contributed by atoms with E-state index in [1.165, 1.54) is 6.92 Å². The lowest BCUT2D eigenvalue weighted by Gasteiger charge is -2.08. The molecule has 5 heteroatoms. The fourth-order valence-electron chi connectivity index (χ4n) is 0.634. The van der Waals surface area contributed by atoms with Gasteiger partial charge in [-0.1, -0.05) is 18.2 Å². The second kappa shape index (κ2) is 5.59. The smallest absolute Gasteiger partial charge is 0.330 e. The van der Waals surface area contributed by atoms with Gasteiger partial charge in [0.15, 0.2) is 5.56 Å².